The summed E-state index contributed by atoms with van der Waals surface area (Å²) in [6, 6.07) is 0.180. The number of amides is 1. The fourth-order valence-corrected chi connectivity index (χ4v) is 4.33. The van der Waals surface area contributed by atoms with E-state index in [0.717, 1.165) is 43.4 Å². The molecule has 1 saturated heterocycles. The maximum Gasteiger partial charge on any atom is 0.271 e. The highest BCUT2D eigenvalue weighted by Gasteiger charge is 2.38. The average Bonchev–Trinajstić information content (AvgIpc) is 2.90. The van der Waals surface area contributed by atoms with E-state index in [1.165, 1.54) is 6.42 Å². The minimum atomic E-state index is 0.0313. The van der Waals surface area contributed by atoms with Crippen molar-refractivity contribution >= 4 is 11.7 Å². The molecule has 1 aromatic rings. The Morgan fingerprint density at radius 3 is 2.75 bits per heavy atom. The summed E-state index contributed by atoms with van der Waals surface area (Å²) in [6.45, 7) is 6.78. The van der Waals surface area contributed by atoms with E-state index in [9.17, 15) is 9.59 Å². The standard InChI is InChI=1S/C19H28N2O3/c1-4-7-14-17(13(3)22)12(2)20-18(14)19(23)21-10-11-24-16-9-6-5-8-15(16)21/h15-16,20H,4-11H2,1-3H3/t15-,16+/m1/s1. The van der Waals surface area contributed by atoms with Crippen LogP contribution in [0.15, 0.2) is 0 Å². The Balaban J connectivity index is 1.94. The van der Waals surface area contributed by atoms with Gasteiger partial charge in [0.05, 0.1) is 18.8 Å². The minimum Gasteiger partial charge on any atom is -0.374 e. The molecule has 3 rings (SSSR count). The van der Waals surface area contributed by atoms with Crippen molar-refractivity contribution in [1.82, 2.24) is 9.88 Å². The predicted molar refractivity (Wildman–Crippen MR) is 92.6 cm³/mol. The van der Waals surface area contributed by atoms with Gasteiger partial charge in [0.2, 0.25) is 0 Å². The third-order valence-electron chi connectivity index (χ3n) is 5.35. The van der Waals surface area contributed by atoms with E-state index in [2.05, 4.69) is 11.9 Å². The zero-order valence-corrected chi connectivity index (χ0v) is 15.0. The van der Waals surface area contributed by atoms with Gasteiger partial charge in [0, 0.05) is 17.8 Å². The first-order valence-corrected chi connectivity index (χ1v) is 9.19. The number of aryl methyl sites for hydroxylation is 1. The van der Waals surface area contributed by atoms with Gasteiger partial charge >= 0.3 is 0 Å². The Morgan fingerprint density at radius 2 is 2.04 bits per heavy atom. The van der Waals surface area contributed by atoms with Crippen LogP contribution in [0.3, 0.4) is 0 Å². The molecule has 1 saturated carbocycles. The number of carbonyl (C=O) groups is 2. The summed E-state index contributed by atoms with van der Waals surface area (Å²) < 4.78 is 5.88. The largest absolute Gasteiger partial charge is 0.374 e. The van der Waals surface area contributed by atoms with E-state index in [4.69, 9.17) is 4.74 Å². The Kier molecular flexibility index (Phi) is 5.09. The first-order valence-electron chi connectivity index (χ1n) is 9.19. The summed E-state index contributed by atoms with van der Waals surface area (Å²) in [6.07, 6.45) is 6.22. The first kappa shape index (κ1) is 17.2. The van der Waals surface area contributed by atoms with Gasteiger partial charge < -0.3 is 14.6 Å². The van der Waals surface area contributed by atoms with Crippen LogP contribution in [0, 0.1) is 6.92 Å². The van der Waals surface area contributed by atoms with Crippen LogP contribution in [0.2, 0.25) is 0 Å². The van der Waals surface area contributed by atoms with Gasteiger partial charge in [-0.2, -0.15) is 0 Å². The number of carbonyl (C=O) groups excluding carboxylic acids is 2. The fourth-order valence-electron chi connectivity index (χ4n) is 4.33. The number of ketones is 1. The van der Waals surface area contributed by atoms with Crippen LogP contribution in [0.25, 0.3) is 0 Å². The van der Waals surface area contributed by atoms with Crippen molar-refractivity contribution in [3.63, 3.8) is 0 Å². The lowest BCUT2D eigenvalue weighted by Gasteiger charge is -2.43. The minimum absolute atomic E-state index is 0.0313. The molecule has 5 heteroatoms. The number of aromatic nitrogens is 1. The quantitative estimate of drug-likeness (QED) is 0.861. The molecule has 0 bridgehead atoms. The molecule has 132 valence electrons. The number of fused-ring (bicyclic) bond motifs is 1. The molecule has 0 unspecified atom stereocenters. The molecule has 5 nitrogen and oxygen atoms in total. The third-order valence-corrected chi connectivity index (χ3v) is 5.35. The SMILES string of the molecule is CCCc1c(C(=O)N2CCO[C@H]3CCCC[C@H]32)[nH]c(C)c1C(C)=O. The highest BCUT2D eigenvalue weighted by Crippen LogP contribution is 2.31. The number of H-pyrrole nitrogens is 1. The maximum atomic E-state index is 13.3. The van der Waals surface area contributed by atoms with Crippen LogP contribution in [-0.4, -0.2) is 46.9 Å². The van der Waals surface area contributed by atoms with Crippen LogP contribution in [0.1, 0.15) is 78.1 Å². The van der Waals surface area contributed by atoms with E-state index >= 15 is 0 Å². The molecule has 2 aliphatic rings. The van der Waals surface area contributed by atoms with Gasteiger partial charge in [-0.25, -0.2) is 0 Å². The van der Waals surface area contributed by atoms with Gasteiger partial charge in [-0.1, -0.05) is 26.2 Å². The zero-order chi connectivity index (χ0) is 17.3. The first-order chi connectivity index (χ1) is 11.5. The number of morpholine rings is 1. The molecule has 1 amide bonds. The maximum absolute atomic E-state index is 13.3. The molecule has 24 heavy (non-hydrogen) atoms. The zero-order valence-electron chi connectivity index (χ0n) is 15.0. The van der Waals surface area contributed by atoms with Crippen molar-refractivity contribution in [2.75, 3.05) is 13.2 Å². The second kappa shape index (κ2) is 7.09. The number of hydrogen-bond acceptors (Lipinski definition) is 3. The lowest BCUT2D eigenvalue weighted by atomic mass is 9.89. The number of nitrogens with zero attached hydrogens (tertiary/aromatic N) is 1. The summed E-state index contributed by atoms with van der Waals surface area (Å²) in [5, 5.41) is 0. The second-order valence-corrected chi connectivity index (χ2v) is 7.04. The van der Waals surface area contributed by atoms with Crippen LogP contribution in [0.5, 0.6) is 0 Å². The Labute approximate surface area is 143 Å². The molecular weight excluding hydrogens is 304 g/mol. The summed E-state index contributed by atoms with van der Waals surface area (Å²) in [5.74, 6) is 0.0676. The number of rotatable bonds is 4. The second-order valence-electron chi connectivity index (χ2n) is 7.04. The Hall–Kier alpha value is -1.62. The molecule has 0 aromatic carbocycles. The van der Waals surface area contributed by atoms with Gasteiger partial charge in [0.15, 0.2) is 5.78 Å². The lowest BCUT2D eigenvalue weighted by Crippen LogP contribution is -2.55. The van der Waals surface area contributed by atoms with Gasteiger partial charge in [0.25, 0.3) is 5.91 Å². The van der Waals surface area contributed by atoms with E-state index in [-0.39, 0.29) is 23.8 Å². The summed E-state index contributed by atoms with van der Waals surface area (Å²) in [4.78, 5) is 30.5. The van der Waals surface area contributed by atoms with Crippen LogP contribution in [0.4, 0.5) is 0 Å². The number of hydrogen-bond donors (Lipinski definition) is 1. The predicted octanol–water partition coefficient (Wildman–Crippen LogP) is 3.26. The van der Waals surface area contributed by atoms with Gasteiger partial charge in [-0.05, 0) is 38.7 Å². The Bertz CT molecular complexity index is 633. The Morgan fingerprint density at radius 1 is 1.29 bits per heavy atom. The van der Waals surface area contributed by atoms with E-state index in [1.807, 2.05) is 11.8 Å². The normalized spacial score (nSPS) is 23.9. The average molecular weight is 332 g/mol. The van der Waals surface area contributed by atoms with E-state index in [1.54, 1.807) is 6.92 Å². The molecule has 1 N–H and O–H groups in total. The van der Waals surface area contributed by atoms with E-state index in [0.29, 0.717) is 24.4 Å². The molecule has 2 fully saturated rings. The lowest BCUT2D eigenvalue weighted by molar-refractivity contribution is -0.0754. The van der Waals surface area contributed by atoms with Crippen LogP contribution in [-0.2, 0) is 11.2 Å². The topological polar surface area (TPSA) is 62.4 Å². The molecule has 1 aliphatic carbocycles. The van der Waals surface area contributed by atoms with Crippen molar-refractivity contribution < 1.29 is 14.3 Å². The summed E-state index contributed by atoms with van der Waals surface area (Å²) in [5.41, 5.74) is 3.02. The van der Waals surface area contributed by atoms with Crippen molar-refractivity contribution in [1.29, 1.82) is 0 Å². The number of Topliss-reactive ketones (excluding diaryl/α,β-unsaturated/α-hetero) is 1. The third kappa shape index (κ3) is 3.02. The molecule has 1 aromatic heterocycles. The molecule has 2 heterocycles. The highest BCUT2D eigenvalue weighted by atomic mass is 16.5. The molecule has 1 aliphatic heterocycles. The van der Waals surface area contributed by atoms with E-state index < -0.39 is 0 Å². The molecule has 0 spiro atoms. The highest BCUT2D eigenvalue weighted by molar-refractivity contribution is 6.02. The smallest absolute Gasteiger partial charge is 0.271 e. The fraction of sp³-hybridized carbons (Fsp3) is 0.684. The number of aromatic amines is 1. The summed E-state index contributed by atoms with van der Waals surface area (Å²) in [7, 11) is 0. The number of ether oxygens (including phenoxy) is 1. The van der Waals surface area contributed by atoms with Crippen LogP contribution < -0.4 is 0 Å². The van der Waals surface area contributed by atoms with Gasteiger partial charge in [0.1, 0.15) is 5.69 Å². The molecule has 0 radical (unpaired) electrons. The van der Waals surface area contributed by atoms with Gasteiger partial charge in [-0.3, -0.25) is 9.59 Å². The molecule has 2 atom stereocenters. The van der Waals surface area contributed by atoms with Crippen molar-refractivity contribution in [2.24, 2.45) is 0 Å². The number of nitrogens with one attached hydrogen (secondary N) is 1. The van der Waals surface area contributed by atoms with Crippen molar-refractivity contribution in [2.45, 2.75) is 71.4 Å². The van der Waals surface area contributed by atoms with Crippen LogP contribution >= 0.6 is 0 Å². The molecular formula is C19H28N2O3. The monoisotopic (exact) mass is 332 g/mol. The van der Waals surface area contributed by atoms with Crippen molar-refractivity contribution in [3.05, 3.63) is 22.5 Å². The summed E-state index contributed by atoms with van der Waals surface area (Å²) >= 11 is 0. The van der Waals surface area contributed by atoms with Crippen molar-refractivity contribution in [3.8, 4) is 0 Å². The van der Waals surface area contributed by atoms with Gasteiger partial charge in [-0.15, -0.1) is 0 Å².